The van der Waals surface area contributed by atoms with Gasteiger partial charge in [0.25, 0.3) is 0 Å². The summed E-state index contributed by atoms with van der Waals surface area (Å²) in [6, 6.07) is 8.82. The van der Waals surface area contributed by atoms with E-state index in [0.29, 0.717) is 12.6 Å². The van der Waals surface area contributed by atoms with Crippen molar-refractivity contribution >= 4 is 15.9 Å². The van der Waals surface area contributed by atoms with E-state index in [0.717, 1.165) is 29.0 Å². The SMILES string of the molecule is CCc1cnc(CNC(C)Cc2ccc(Br)cc2)o1. The van der Waals surface area contributed by atoms with E-state index in [1.54, 1.807) is 6.20 Å². The summed E-state index contributed by atoms with van der Waals surface area (Å²) in [6.45, 7) is 4.91. The van der Waals surface area contributed by atoms with Gasteiger partial charge in [-0.15, -0.1) is 0 Å². The molecule has 0 aliphatic rings. The van der Waals surface area contributed by atoms with Gasteiger partial charge in [-0.3, -0.25) is 0 Å². The molecule has 1 atom stereocenters. The van der Waals surface area contributed by atoms with E-state index >= 15 is 0 Å². The van der Waals surface area contributed by atoms with Crippen LogP contribution in [0.1, 0.15) is 31.1 Å². The average Bonchev–Trinajstić information content (AvgIpc) is 2.87. The minimum Gasteiger partial charge on any atom is -0.444 e. The monoisotopic (exact) mass is 322 g/mol. The molecule has 4 heteroatoms. The Labute approximate surface area is 122 Å². The Morgan fingerprint density at radius 2 is 2.05 bits per heavy atom. The minimum atomic E-state index is 0.387. The van der Waals surface area contributed by atoms with Gasteiger partial charge in [-0.25, -0.2) is 4.98 Å². The molecule has 3 nitrogen and oxygen atoms in total. The highest BCUT2D eigenvalue weighted by molar-refractivity contribution is 9.10. The highest BCUT2D eigenvalue weighted by Crippen LogP contribution is 2.12. The molecule has 0 saturated heterocycles. The number of hydrogen-bond acceptors (Lipinski definition) is 3. The lowest BCUT2D eigenvalue weighted by Gasteiger charge is -2.12. The molecule has 1 heterocycles. The summed E-state index contributed by atoms with van der Waals surface area (Å²) in [5.74, 6) is 1.71. The smallest absolute Gasteiger partial charge is 0.208 e. The average molecular weight is 323 g/mol. The van der Waals surface area contributed by atoms with Gasteiger partial charge < -0.3 is 9.73 Å². The molecular weight excluding hydrogens is 304 g/mol. The van der Waals surface area contributed by atoms with Crippen LogP contribution in [-0.4, -0.2) is 11.0 Å². The van der Waals surface area contributed by atoms with Crippen LogP contribution in [0, 0.1) is 0 Å². The van der Waals surface area contributed by atoms with Crippen molar-refractivity contribution in [2.45, 2.75) is 39.3 Å². The van der Waals surface area contributed by atoms with E-state index in [1.807, 2.05) is 0 Å². The number of oxazole rings is 1. The molecule has 0 fully saturated rings. The summed E-state index contributed by atoms with van der Waals surface area (Å²) in [7, 11) is 0. The molecule has 0 aliphatic carbocycles. The summed E-state index contributed by atoms with van der Waals surface area (Å²) < 4.78 is 6.68. The van der Waals surface area contributed by atoms with E-state index in [4.69, 9.17) is 4.42 Å². The van der Waals surface area contributed by atoms with Crippen molar-refractivity contribution in [1.82, 2.24) is 10.3 Å². The maximum atomic E-state index is 5.57. The number of rotatable bonds is 6. The zero-order chi connectivity index (χ0) is 13.7. The Morgan fingerprint density at radius 1 is 1.32 bits per heavy atom. The van der Waals surface area contributed by atoms with Gasteiger partial charge in [0.05, 0.1) is 12.7 Å². The molecule has 1 aromatic carbocycles. The fraction of sp³-hybridized carbons (Fsp3) is 0.400. The van der Waals surface area contributed by atoms with E-state index in [-0.39, 0.29) is 0 Å². The van der Waals surface area contributed by atoms with Gasteiger partial charge in [0.1, 0.15) is 5.76 Å². The summed E-state index contributed by atoms with van der Waals surface area (Å²) >= 11 is 3.45. The zero-order valence-electron chi connectivity index (χ0n) is 11.3. The Balaban J connectivity index is 1.81. The van der Waals surface area contributed by atoms with Crippen LogP contribution in [0.4, 0.5) is 0 Å². The largest absolute Gasteiger partial charge is 0.444 e. The maximum absolute atomic E-state index is 5.57. The summed E-state index contributed by atoms with van der Waals surface area (Å²) in [6.07, 6.45) is 3.69. The number of halogens is 1. The van der Waals surface area contributed by atoms with Gasteiger partial charge in [0, 0.05) is 16.9 Å². The molecule has 0 spiro atoms. The molecule has 1 unspecified atom stereocenters. The molecule has 0 aliphatic heterocycles. The lowest BCUT2D eigenvalue weighted by molar-refractivity contribution is 0.420. The van der Waals surface area contributed by atoms with Crippen molar-refractivity contribution in [3.05, 3.63) is 52.1 Å². The second-order valence-electron chi connectivity index (χ2n) is 4.69. The quantitative estimate of drug-likeness (QED) is 0.880. The Kier molecular flexibility index (Phi) is 5.16. The molecule has 2 rings (SSSR count). The van der Waals surface area contributed by atoms with Gasteiger partial charge in [0.15, 0.2) is 0 Å². The number of nitrogens with one attached hydrogen (secondary N) is 1. The number of nitrogens with zero attached hydrogens (tertiary/aromatic N) is 1. The molecule has 0 saturated carbocycles. The van der Waals surface area contributed by atoms with Crippen LogP contribution in [0.5, 0.6) is 0 Å². The molecule has 0 bridgehead atoms. The lowest BCUT2D eigenvalue weighted by atomic mass is 10.1. The molecule has 0 radical (unpaired) electrons. The van der Waals surface area contributed by atoms with Crippen LogP contribution < -0.4 is 5.32 Å². The Hall–Kier alpha value is -1.13. The third kappa shape index (κ3) is 4.48. The second kappa shape index (κ2) is 6.87. The van der Waals surface area contributed by atoms with Crippen molar-refractivity contribution in [3.63, 3.8) is 0 Å². The predicted octanol–water partition coefficient (Wildman–Crippen LogP) is 3.72. The first-order chi connectivity index (χ1) is 9.17. The fourth-order valence-electron chi connectivity index (χ4n) is 1.90. The number of benzene rings is 1. The minimum absolute atomic E-state index is 0.387. The third-order valence-electron chi connectivity index (χ3n) is 3.01. The van der Waals surface area contributed by atoms with Gasteiger partial charge >= 0.3 is 0 Å². The lowest BCUT2D eigenvalue weighted by Crippen LogP contribution is -2.27. The Morgan fingerprint density at radius 3 is 2.68 bits per heavy atom. The fourth-order valence-corrected chi connectivity index (χ4v) is 2.17. The molecule has 1 aromatic heterocycles. The van der Waals surface area contributed by atoms with E-state index < -0.39 is 0 Å². The molecule has 0 amide bonds. The normalized spacial score (nSPS) is 12.6. The van der Waals surface area contributed by atoms with Crippen LogP contribution >= 0.6 is 15.9 Å². The van der Waals surface area contributed by atoms with E-state index in [9.17, 15) is 0 Å². The standard InChI is InChI=1S/C15H19BrN2O/c1-3-14-9-18-15(19-14)10-17-11(2)8-12-4-6-13(16)7-5-12/h4-7,9,11,17H,3,8,10H2,1-2H3. The summed E-state index contributed by atoms with van der Waals surface area (Å²) in [4.78, 5) is 4.24. The van der Waals surface area contributed by atoms with Gasteiger partial charge in [-0.05, 0) is 31.0 Å². The number of aromatic nitrogens is 1. The van der Waals surface area contributed by atoms with Crippen molar-refractivity contribution in [2.75, 3.05) is 0 Å². The van der Waals surface area contributed by atoms with Crippen LogP contribution in [0.2, 0.25) is 0 Å². The summed E-state index contributed by atoms with van der Waals surface area (Å²) in [5, 5.41) is 3.43. The van der Waals surface area contributed by atoms with Crippen LogP contribution in [0.3, 0.4) is 0 Å². The van der Waals surface area contributed by atoms with Crippen molar-refractivity contribution in [3.8, 4) is 0 Å². The second-order valence-corrected chi connectivity index (χ2v) is 5.60. The highest BCUT2D eigenvalue weighted by atomic mass is 79.9. The molecule has 102 valence electrons. The topological polar surface area (TPSA) is 38.1 Å². The van der Waals surface area contributed by atoms with Gasteiger partial charge in [-0.2, -0.15) is 0 Å². The van der Waals surface area contributed by atoms with E-state index in [2.05, 4.69) is 64.3 Å². The first-order valence-electron chi connectivity index (χ1n) is 6.58. The molecular formula is C15H19BrN2O. The van der Waals surface area contributed by atoms with Crippen molar-refractivity contribution < 1.29 is 4.42 Å². The predicted molar refractivity (Wildman–Crippen MR) is 80.0 cm³/mol. The zero-order valence-corrected chi connectivity index (χ0v) is 12.9. The first-order valence-corrected chi connectivity index (χ1v) is 7.38. The number of aryl methyl sites for hydroxylation is 1. The van der Waals surface area contributed by atoms with Crippen molar-refractivity contribution in [2.24, 2.45) is 0 Å². The van der Waals surface area contributed by atoms with Crippen LogP contribution in [0.15, 0.2) is 39.4 Å². The van der Waals surface area contributed by atoms with Gasteiger partial charge in [0.2, 0.25) is 5.89 Å². The number of hydrogen-bond donors (Lipinski definition) is 1. The highest BCUT2D eigenvalue weighted by Gasteiger charge is 2.06. The maximum Gasteiger partial charge on any atom is 0.208 e. The molecule has 19 heavy (non-hydrogen) atoms. The third-order valence-corrected chi connectivity index (χ3v) is 3.54. The van der Waals surface area contributed by atoms with Gasteiger partial charge in [-0.1, -0.05) is 35.0 Å². The van der Waals surface area contributed by atoms with Crippen LogP contribution in [0.25, 0.3) is 0 Å². The molecule has 1 N–H and O–H groups in total. The van der Waals surface area contributed by atoms with Crippen LogP contribution in [-0.2, 0) is 19.4 Å². The Bertz CT molecular complexity index is 507. The summed E-state index contributed by atoms with van der Waals surface area (Å²) in [5.41, 5.74) is 1.32. The molecule has 2 aromatic rings. The van der Waals surface area contributed by atoms with E-state index in [1.165, 1.54) is 5.56 Å². The van der Waals surface area contributed by atoms with Crippen molar-refractivity contribution in [1.29, 1.82) is 0 Å². The first kappa shape index (κ1) is 14.3.